The van der Waals surface area contributed by atoms with Gasteiger partial charge in [-0.2, -0.15) is 5.10 Å². The highest BCUT2D eigenvalue weighted by Gasteiger charge is 2.26. The Labute approximate surface area is 221 Å². The summed E-state index contributed by atoms with van der Waals surface area (Å²) in [6.45, 7) is 4.64. The van der Waals surface area contributed by atoms with E-state index in [0.717, 1.165) is 52.4 Å². The van der Waals surface area contributed by atoms with Crippen LogP contribution in [0.5, 0.6) is 5.75 Å². The van der Waals surface area contributed by atoms with E-state index in [1.54, 1.807) is 11.8 Å². The van der Waals surface area contributed by atoms with Gasteiger partial charge < -0.3 is 25.8 Å². The second-order valence-electron chi connectivity index (χ2n) is 9.64. The van der Waals surface area contributed by atoms with Crippen molar-refractivity contribution in [2.45, 2.75) is 52.0 Å². The lowest BCUT2D eigenvalue weighted by Crippen LogP contribution is -2.28. The van der Waals surface area contributed by atoms with Crippen molar-refractivity contribution in [3.8, 4) is 5.75 Å². The quantitative estimate of drug-likeness (QED) is 0.377. The molecule has 0 aliphatic heterocycles. The highest BCUT2D eigenvalue weighted by molar-refractivity contribution is 7.17. The second kappa shape index (κ2) is 11.7. The number of carbonyl (C=O) groups excluding carboxylic acids is 2. The van der Waals surface area contributed by atoms with Gasteiger partial charge in [-0.3, -0.25) is 9.48 Å². The number of aromatic nitrogens is 2. The SMILES string of the molecule is COc1cccc(C(C)CC(=O)Nc2sc3c(c2N)CCC(COC(=O)NCc2cc(C)nn2C)C3)c1. The highest BCUT2D eigenvalue weighted by Crippen LogP contribution is 2.42. The zero-order valence-corrected chi connectivity index (χ0v) is 22.6. The number of nitrogen functional groups attached to an aromatic ring is 1. The molecule has 2 aromatic heterocycles. The van der Waals surface area contributed by atoms with Crippen molar-refractivity contribution in [3.63, 3.8) is 0 Å². The van der Waals surface area contributed by atoms with Crippen molar-refractivity contribution in [1.29, 1.82) is 0 Å². The molecular weight excluding hydrogens is 490 g/mol. The molecule has 0 radical (unpaired) electrons. The van der Waals surface area contributed by atoms with Gasteiger partial charge in [-0.25, -0.2) is 4.79 Å². The van der Waals surface area contributed by atoms with Gasteiger partial charge >= 0.3 is 6.09 Å². The molecule has 2 unspecified atom stereocenters. The van der Waals surface area contributed by atoms with Crippen LogP contribution in [0.3, 0.4) is 0 Å². The standard InChI is InChI=1S/C27H35N5O4S/c1-16(19-6-5-7-21(13-19)35-4)10-24(33)30-26-25(28)22-9-8-18(12-23(22)37-26)15-36-27(34)29-14-20-11-17(2)31-32(20)3/h5-7,11,13,16,18H,8-10,12,14-15,28H2,1-4H3,(H,29,34)(H,30,33). The first kappa shape index (κ1) is 26.5. The number of benzene rings is 1. The van der Waals surface area contributed by atoms with Gasteiger partial charge in [-0.1, -0.05) is 19.1 Å². The Morgan fingerprint density at radius 1 is 1.32 bits per heavy atom. The Balaban J connectivity index is 1.27. The third-order valence-electron chi connectivity index (χ3n) is 6.78. The third-order valence-corrected chi connectivity index (χ3v) is 7.96. The number of rotatable bonds is 9. The number of nitrogens with zero attached hydrogens (tertiary/aromatic N) is 2. The largest absolute Gasteiger partial charge is 0.497 e. The van der Waals surface area contributed by atoms with Gasteiger partial charge in [0.2, 0.25) is 5.91 Å². The van der Waals surface area contributed by atoms with Crippen LogP contribution >= 0.6 is 11.3 Å². The first-order valence-corrected chi connectivity index (χ1v) is 13.3. The minimum absolute atomic E-state index is 0.0421. The summed E-state index contributed by atoms with van der Waals surface area (Å²) in [5.41, 5.74) is 11.0. The molecule has 0 saturated carbocycles. The van der Waals surface area contributed by atoms with E-state index in [9.17, 15) is 9.59 Å². The number of ether oxygens (including phenoxy) is 2. The van der Waals surface area contributed by atoms with E-state index < -0.39 is 6.09 Å². The van der Waals surface area contributed by atoms with E-state index >= 15 is 0 Å². The van der Waals surface area contributed by atoms with E-state index in [-0.39, 0.29) is 17.7 Å². The number of hydrogen-bond donors (Lipinski definition) is 3. The van der Waals surface area contributed by atoms with Crippen LogP contribution < -0.4 is 21.1 Å². The number of anilines is 2. The molecule has 2 heterocycles. The zero-order valence-electron chi connectivity index (χ0n) is 21.8. The van der Waals surface area contributed by atoms with E-state index in [0.29, 0.717) is 30.3 Å². The van der Waals surface area contributed by atoms with Crippen molar-refractivity contribution in [2.75, 3.05) is 24.8 Å². The first-order chi connectivity index (χ1) is 17.7. The lowest BCUT2D eigenvalue weighted by atomic mass is 9.89. The monoisotopic (exact) mass is 525 g/mol. The Bertz CT molecular complexity index is 1270. The molecule has 198 valence electrons. The summed E-state index contributed by atoms with van der Waals surface area (Å²) < 4.78 is 12.5. The number of hydrogen-bond acceptors (Lipinski definition) is 7. The van der Waals surface area contributed by atoms with Crippen LogP contribution in [0.1, 0.15) is 53.1 Å². The Kier molecular flexibility index (Phi) is 8.38. The summed E-state index contributed by atoms with van der Waals surface area (Å²) in [5, 5.41) is 10.8. The molecule has 4 N–H and O–H groups in total. The van der Waals surface area contributed by atoms with Gasteiger partial charge in [0.1, 0.15) is 10.8 Å². The van der Waals surface area contributed by atoms with Crippen LogP contribution in [0.15, 0.2) is 30.3 Å². The van der Waals surface area contributed by atoms with Gasteiger partial charge in [0.05, 0.1) is 37.3 Å². The van der Waals surface area contributed by atoms with E-state index in [1.165, 1.54) is 11.3 Å². The van der Waals surface area contributed by atoms with Crippen LogP contribution in [0.25, 0.3) is 0 Å². The summed E-state index contributed by atoms with van der Waals surface area (Å²) >= 11 is 1.53. The van der Waals surface area contributed by atoms with Crippen molar-refractivity contribution < 1.29 is 19.1 Å². The van der Waals surface area contributed by atoms with Crippen LogP contribution in [-0.4, -0.2) is 35.5 Å². The molecule has 0 fully saturated rings. The van der Waals surface area contributed by atoms with Crippen molar-refractivity contribution in [3.05, 3.63) is 57.7 Å². The molecule has 4 rings (SSSR count). The maximum Gasteiger partial charge on any atom is 0.407 e. The summed E-state index contributed by atoms with van der Waals surface area (Å²) in [6, 6.07) is 9.71. The first-order valence-electron chi connectivity index (χ1n) is 12.5. The Morgan fingerprint density at radius 3 is 2.86 bits per heavy atom. The molecule has 0 spiro atoms. The van der Waals surface area contributed by atoms with Gasteiger partial charge in [0.25, 0.3) is 0 Å². The number of aryl methyl sites for hydroxylation is 2. The number of amides is 2. The van der Waals surface area contributed by atoms with E-state index in [1.807, 2.05) is 51.2 Å². The van der Waals surface area contributed by atoms with Gasteiger partial charge in [-0.15, -0.1) is 11.3 Å². The number of fused-ring (bicyclic) bond motifs is 1. The Morgan fingerprint density at radius 2 is 2.14 bits per heavy atom. The molecule has 2 amide bonds. The summed E-state index contributed by atoms with van der Waals surface area (Å²) in [4.78, 5) is 26.1. The minimum Gasteiger partial charge on any atom is -0.497 e. The summed E-state index contributed by atoms with van der Waals surface area (Å²) in [6.07, 6.45) is 2.36. The predicted octanol–water partition coefficient (Wildman–Crippen LogP) is 4.54. The molecule has 2 atom stereocenters. The molecule has 1 aliphatic carbocycles. The second-order valence-corrected chi connectivity index (χ2v) is 10.7. The van der Waals surface area contributed by atoms with Gasteiger partial charge in [0, 0.05) is 18.3 Å². The lowest BCUT2D eigenvalue weighted by molar-refractivity contribution is -0.116. The third kappa shape index (κ3) is 6.62. The topological polar surface area (TPSA) is 120 Å². The molecule has 9 nitrogen and oxygen atoms in total. The zero-order chi connectivity index (χ0) is 26.5. The minimum atomic E-state index is -0.437. The fourth-order valence-corrected chi connectivity index (χ4v) is 5.97. The summed E-state index contributed by atoms with van der Waals surface area (Å²) in [7, 11) is 3.48. The fraction of sp³-hybridized carbons (Fsp3) is 0.444. The van der Waals surface area contributed by atoms with Gasteiger partial charge in [0.15, 0.2) is 0 Å². The molecule has 0 bridgehead atoms. The Hall–Kier alpha value is -3.53. The number of methoxy groups -OCH3 is 1. The van der Waals surface area contributed by atoms with Crippen LogP contribution in [-0.2, 0) is 36.0 Å². The molecule has 1 aromatic carbocycles. The number of thiophene rings is 1. The number of nitrogens with two attached hydrogens (primary N) is 1. The van der Waals surface area contributed by atoms with Crippen molar-refractivity contribution in [1.82, 2.24) is 15.1 Å². The molecule has 3 aromatic rings. The molecule has 1 aliphatic rings. The maximum absolute atomic E-state index is 12.8. The predicted molar refractivity (Wildman–Crippen MR) is 145 cm³/mol. The normalized spacial score (nSPS) is 15.5. The summed E-state index contributed by atoms with van der Waals surface area (Å²) in [5.74, 6) is 0.965. The van der Waals surface area contributed by atoms with Crippen molar-refractivity contribution >= 4 is 34.0 Å². The molecule has 0 saturated heterocycles. The lowest BCUT2D eigenvalue weighted by Gasteiger charge is -2.22. The van der Waals surface area contributed by atoms with Crippen LogP contribution in [0.2, 0.25) is 0 Å². The molecule has 37 heavy (non-hydrogen) atoms. The van der Waals surface area contributed by atoms with Crippen LogP contribution in [0, 0.1) is 12.8 Å². The van der Waals surface area contributed by atoms with E-state index in [4.69, 9.17) is 15.2 Å². The highest BCUT2D eigenvalue weighted by atomic mass is 32.1. The maximum atomic E-state index is 12.8. The average Bonchev–Trinajstić information content (AvgIpc) is 3.37. The molecular formula is C27H35N5O4S. The number of carbonyl (C=O) groups is 2. The van der Waals surface area contributed by atoms with Gasteiger partial charge in [-0.05, 0) is 67.3 Å². The fourth-order valence-electron chi connectivity index (χ4n) is 4.67. The van der Waals surface area contributed by atoms with Crippen LogP contribution in [0.4, 0.5) is 15.5 Å². The van der Waals surface area contributed by atoms with E-state index in [2.05, 4.69) is 15.7 Å². The smallest absolute Gasteiger partial charge is 0.407 e. The number of nitrogens with one attached hydrogen (secondary N) is 2. The number of alkyl carbamates (subject to hydrolysis) is 1. The van der Waals surface area contributed by atoms with Crippen molar-refractivity contribution in [2.24, 2.45) is 13.0 Å². The average molecular weight is 526 g/mol. The molecule has 10 heteroatoms.